The van der Waals surface area contributed by atoms with Crippen LogP contribution in [0, 0.1) is 6.92 Å². The minimum Gasteiger partial charge on any atom is -0.466 e. The fraction of sp³-hybridized carbons (Fsp3) is 0.643. The molecule has 0 unspecified atom stereocenters. The van der Waals surface area contributed by atoms with Crippen molar-refractivity contribution in [3.63, 3.8) is 0 Å². The summed E-state index contributed by atoms with van der Waals surface area (Å²) in [6.45, 7) is 4.37. The van der Waals surface area contributed by atoms with Crippen LogP contribution in [0.25, 0.3) is 0 Å². The Balaban J connectivity index is 2.21. The molecule has 1 aliphatic rings. The number of carbonyl (C=O) groups is 1. The van der Waals surface area contributed by atoms with Crippen molar-refractivity contribution in [2.75, 3.05) is 6.61 Å². The summed E-state index contributed by atoms with van der Waals surface area (Å²) in [4.78, 5) is 15.0. The highest BCUT2D eigenvalue weighted by Gasteiger charge is 2.19. The van der Waals surface area contributed by atoms with Gasteiger partial charge in [0.05, 0.1) is 13.0 Å². The zero-order valence-electron chi connectivity index (χ0n) is 10.8. The van der Waals surface area contributed by atoms with Gasteiger partial charge in [0.25, 0.3) is 0 Å². The Morgan fingerprint density at radius 2 is 2.06 bits per heavy atom. The number of carbonyl (C=O) groups excluding carboxylic acids is 1. The molecule has 0 fully saturated rings. The van der Waals surface area contributed by atoms with E-state index in [1.54, 1.807) is 0 Å². The van der Waals surface area contributed by atoms with Crippen molar-refractivity contribution >= 4 is 5.97 Å². The van der Waals surface area contributed by atoms with Gasteiger partial charge in [0.1, 0.15) is 0 Å². The van der Waals surface area contributed by atoms with Gasteiger partial charge in [0, 0.05) is 11.4 Å². The second-order valence-corrected chi connectivity index (χ2v) is 4.73. The van der Waals surface area contributed by atoms with E-state index in [0.29, 0.717) is 13.0 Å². The highest BCUT2D eigenvalue weighted by molar-refractivity contribution is 5.73. The van der Waals surface area contributed by atoms with E-state index in [0.717, 1.165) is 18.5 Å². The first kappa shape index (κ1) is 12.2. The van der Waals surface area contributed by atoms with Crippen molar-refractivity contribution in [1.82, 2.24) is 4.98 Å². The first-order valence-corrected chi connectivity index (χ1v) is 6.57. The van der Waals surface area contributed by atoms with E-state index >= 15 is 0 Å². The second kappa shape index (κ2) is 5.39. The van der Waals surface area contributed by atoms with Gasteiger partial charge < -0.3 is 9.72 Å². The predicted molar refractivity (Wildman–Crippen MR) is 67.1 cm³/mol. The Kier molecular flexibility index (Phi) is 3.87. The van der Waals surface area contributed by atoms with Gasteiger partial charge in [-0.15, -0.1) is 0 Å². The van der Waals surface area contributed by atoms with Gasteiger partial charge in [-0.3, -0.25) is 4.79 Å². The lowest BCUT2D eigenvalue weighted by atomic mass is 10.0. The van der Waals surface area contributed by atoms with E-state index in [1.807, 2.05) is 6.92 Å². The summed E-state index contributed by atoms with van der Waals surface area (Å²) < 4.78 is 5.04. The highest BCUT2D eigenvalue weighted by Crippen LogP contribution is 2.26. The maximum Gasteiger partial charge on any atom is 0.310 e. The van der Waals surface area contributed by atoms with Gasteiger partial charge in [-0.05, 0) is 50.7 Å². The third kappa shape index (κ3) is 2.71. The molecule has 1 aromatic rings. The predicted octanol–water partition coefficient (Wildman–Crippen LogP) is 2.70. The Morgan fingerprint density at radius 1 is 1.29 bits per heavy atom. The number of esters is 1. The number of H-pyrrole nitrogens is 1. The molecule has 94 valence electrons. The largest absolute Gasteiger partial charge is 0.466 e. The molecule has 3 heteroatoms. The summed E-state index contributed by atoms with van der Waals surface area (Å²) in [6, 6.07) is 0. The molecule has 0 radical (unpaired) electrons. The third-order valence-corrected chi connectivity index (χ3v) is 3.50. The molecule has 1 aromatic heterocycles. The van der Waals surface area contributed by atoms with Crippen LogP contribution < -0.4 is 0 Å². The molecule has 3 nitrogen and oxygen atoms in total. The van der Waals surface area contributed by atoms with Crippen molar-refractivity contribution < 1.29 is 9.53 Å². The minimum absolute atomic E-state index is 0.110. The lowest BCUT2D eigenvalue weighted by Crippen LogP contribution is -2.09. The average Bonchev–Trinajstić information content (AvgIpc) is 2.49. The van der Waals surface area contributed by atoms with E-state index in [1.165, 1.54) is 36.1 Å². The normalized spacial score (nSPS) is 15.2. The van der Waals surface area contributed by atoms with Crippen LogP contribution >= 0.6 is 0 Å². The van der Waals surface area contributed by atoms with Crippen LogP contribution in [-0.4, -0.2) is 17.6 Å². The summed E-state index contributed by atoms with van der Waals surface area (Å²) in [5.41, 5.74) is 5.05. The van der Waals surface area contributed by atoms with Crippen LogP contribution in [-0.2, 0) is 28.8 Å². The summed E-state index contributed by atoms with van der Waals surface area (Å²) >= 11 is 0. The van der Waals surface area contributed by atoms with Gasteiger partial charge in [0.2, 0.25) is 0 Å². The first-order valence-electron chi connectivity index (χ1n) is 6.57. The van der Waals surface area contributed by atoms with Crippen LogP contribution in [0.5, 0.6) is 0 Å². The number of aryl methyl sites for hydroxylation is 2. The second-order valence-electron chi connectivity index (χ2n) is 4.73. The van der Waals surface area contributed by atoms with E-state index in [-0.39, 0.29) is 5.97 Å². The fourth-order valence-electron chi connectivity index (χ4n) is 2.68. The quantitative estimate of drug-likeness (QED) is 0.646. The van der Waals surface area contributed by atoms with E-state index in [4.69, 9.17) is 4.74 Å². The Hall–Kier alpha value is -1.25. The van der Waals surface area contributed by atoms with Gasteiger partial charge in [-0.2, -0.15) is 0 Å². The third-order valence-electron chi connectivity index (χ3n) is 3.50. The van der Waals surface area contributed by atoms with Crippen LogP contribution in [0.15, 0.2) is 0 Å². The van der Waals surface area contributed by atoms with Gasteiger partial charge in [0.15, 0.2) is 0 Å². The summed E-state index contributed by atoms with van der Waals surface area (Å²) in [6.07, 6.45) is 6.44. The van der Waals surface area contributed by atoms with E-state index in [2.05, 4.69) is 11.9 Å². The van der Waals surface area contributed by atoms with Gasteiger partial charge in [-0.25, -0.2) is 0 Å². The highest BCUT2D eigenvalue weighted by atomic mass is 16.5. The van der Waals surface area contributed by atoms with Crippen molar-refractivity contribution in [1.29, 1.82) is 0 Å². The molecule has 2 rings (SSSR count). The van der Waals surface area contributed by atoms with Gasteiger partial charge >= 0.3 is 5.97 Å². The van der Waals surface area contributed by atoms with Crippen molar-refractivity contribution in [3.05, 3.63) is 22.5 Å². The zero-order chi connectivity index (χ0) is 12.3. The number of hydrogen-bond acceptors (Lipinski definition) is 2. The van der Waals surface area contributed by atoms with Crippen LogP contribution in [0.2, 0.25) is 0 Å². The zero-order valence-corrected chi connectivity index (χ0v) is 10.8. The molecule has 0 bridgehead atoms. The van der Waals surface area contributed by atoms with Crippen LogP contribution in [0.4, 0.5) is 0 Å². The van der Waals surface area contributed by atoms with Crippen molar-refractivity contribution in [2.24, 2.45) is 0 Å². The van der Waals surface area contributed by atoms with Crippen molar-refractivity contribution in [3.8, 4) is 0 Å². The molecule has 0 saturated carbocycles. The number of aromatic nitrogens is 1. The molecule has 0 amide bonds. The fourth-order valence-corrected chi connectivity index (χ4v) is 2.68. The standard InChI is InChI=1S/C14H21NO2/c1-3-17-14(16)9-12-10(2)15-13-8-6-4-5-7-11(12)13/h15H,3-9H2,1-2H3. The number of aromatic amines is 1. The maximum atomic E-state index is 11.6. The van der Waals surface area contributed by atoms with Crippen molar-refractivity contribution in [2.45, 2.75) is 52.4 Å². The monoisotopic (exact) mass is 235 g/mol. The molecule has 1 N–H and O–H groups in total. The molecular formula is C14H21NO2. The Labute approximate surface area is 103 Å². The molecule has 0 saturated heterocycles. The number of hydrogen-bond donors (Lipinski definition) is 1. The van der Waals surface area contributed by atoms with Crippen LogP contribution in [0.3, 0.4) is 0 Å². The lowest BCUT2D eigenvalue weighted by Gasteiger charge is -2.05. The summed E-state index contributed by atoms with van der Waals surface area (Å²) in [7, 11) is 0. The van der Waals surface area contributed by atoms with Crippen LogP contribution in [0.1, 0.15) is 48.7 Å². The molecule has 0 aromatic carbocycles. The Bertz CT molecular complexity index is 407. The average molecular weight is 235 g/mol. The molecule has 0 aliphatic heterocycles. The molecule has 0 atom stereocenters. The molecule has 0 spiro atoms. The SMILES string of the molecule is CCOC(=O)Cc1c(C)[nH]c2c1CCCCC2. The smallest absolute Gasteiger partial charge is 0.310 e. The topological polar surface area (TPSA) is 42.1 Å². The number of fused-ring (bicyclic) bond motifs is 1. The summed E-state index contributed by atoms with van der Waals surface area (Å²) in [5, 5.41) is 0. The van der Waals surface area contributed by atoms with Gasteiger partial charge in [-0.1, -0.05) is 6.42 Å². The Morgan fingerprint density at radius 3 is 2.82 bits per heavy atom. The molecule has 1 heterocycles. The molecular weight excluding hydrogens is 214 g/mol. The summed E-state index contributed by atoms with van der Waals surface area (Å²) in [5.74, 6) is -0.110. The maximum absolute atomic E-state index is 11.6. The first-order chi connectivity index (χ1) is 8.22. The number of rotatable bonds is 3. The molecule has 17 heavy (non-hydrogen) atoms. The number of ether oxygens (including phenoxy) is 1. The number of nitrogens with one attached hydrogen (secondary N) is 1. The molecule has 1 aliphatic carbocycles. The van der Waals surface area contributed by atoms with E-state index in [9.17, 15) is 4.79 Å². The van der Waals surface area contributed by atoms with E-state index < -0.39 is 0 Å². The minimum atomic E-state index is -0.110. The lowest BCUT2D eigenvalue weighted by molar-refractivity contribution is -0.142.